The highest BCUT2D eigenvalue weighted by atomic mass is 19.1. The van der Waals surface area contributed by atoms with Crippen LogP contribution in [0.3, 0.4) is 0 Å². The second-order valence-electron chi connectivity index (χ2n) is 9.87. The molecule has 1 aliphatic rings. The lowest BCUT2D eigenvalue weighted by Crippen LogP contribution is -2.50. The average molecular weight is 530 g/mol. The van der Waals surface area contributed by atoms with Crippen LogP contribution in [-0.4, -0.2) is 70.6 Å². The van der Waals surface area contributed by atoms with Crippen molar-refractivity contribution >= 4 is 11.8 Å². The molecule has 4 rings (SSSR count). The first-order valence-corrected chi connectivity index (χ1v) is 12.9. The number of aliphatic hydroxyl groups is 1. The van der Waals surface area contributed by atoms with Crippen LogP contribution in [0, 0.1) is 23.6 Å². The van der Waals surface area contributed by atoms with E-state index >= 15 is 0 Å². The molecule has 2 aromatic carbocycles. The number of hydrogen-bond acceptors (Lipinski definition) is 5. The van der Waals surface area contributed by atoms with Crippen molar-refractivity contribution in [3.8, 4) is 17.7 Å². The van der Waals surface area contributed by atoms with Gasteiger partial charge in [-0.1, -0.05) is 61.2 Å². The zero-order valence-electron chi connectivity index (χ0n) is 22.3. The molecule has 1 aliphatic heterocycles. The summed E-state index contributed by atoms with van der Waals surface area (Å²) < 4.78 is 20.3. The third-order valence-corrected chi connectivity index (χ3v) is 6.81. The van der Waals surface area contributed by atoms with Crippen molar-refractivity contribution in [2.45, 2.75) is 32.4 Å². The van der Waals surface area contributed by atoms with Gasteiger partial charge in [0, 0.05) is 31.3 Å². The fourth-order valence-electron chi connectivity index (χ4n) is 4.37. The zero-order valence-corrected chi connectivity index (χ0v) is 22.3. The number of carbonyl (C=O) groups excluding carboxylic acids is 2. The molecule has 0 fully saturated rings. The highest BCUT2D eigenvalue weighted by Crippen LogP contribution is 2.27. The second-order valence-corrected chi connectivity index (χ2v) is 9.87. The second kappa shape index (κ2) is 12.5. The Hall–Kier alpha value is -4.22. The average Bonchev–Trinajstić information content (AvgIpc) is 2.94. The Kier molecular flexibility index (Phi) is 8.95. The van der Waals surface area contributed by atoms with Gasteiger partial charge in [-0.2, -0.15) is 0 Å². The largest absolute Gasteiger partial charge is 0.472 e. The predicted octanol–water partition coefficient (Wildman–Crippen LogP) is 3.54. The van der Waals surface area contributed by atoms with Gasteiger partial charge in [0.1, 0.15) is 17.5 Å². The van der Waals surface area contributed by atoms with Crippen molar-refractivity contribution in [1.82, 2.24) is 14.8 Å². The molecule has 0 aliphatic carbocycles. The Morgan fingerprint density at radius 1 is 1.21 bits per heavy atom. The van der Waals surface area contributed by atoms with E-state index in [0.717, 1.165) is 5.56 Å². The predicted molar refractivity (Wildman–Crippen MR) is 146 cm³/mol. The summed E-state index contributed by atoms with van der Waals surface area (Å²) in [4.78, 5) is 34.1. The van der Waals surface area contributed by atoms with Gasteiger partial charge in [-0.15, -0.1) is 0 Å². The number of ether oxygens (including phenoxy) is 1. The Morgan fingerprint density at radius 2 is 1.92 bits per heavy atom. The maximum absolute atomic E-state index is 14.0. The van der Waals surface area contributed by atoms with Gasteiger partial charge in [-0.3, -0.25) is 9.59 Å². The Bertz CT molecular complexity index is 1390. The van der Waals surface area contributed by atoms with E-state index in [4.69, 9.17) is 4.74 Å². The van der Waals surface area contributed by atoms with E-state index < -0.39 is 18.0 Å². The van der Waals surface area contributed by atoms with Crippen molar-refractivity contribution in [3.05, 3.63) is 94.9 Å². The minimum atomic E-state index is -0.460. The number of aliphatic hydroxyl groups excluding tert-OH is 1. The minimum absolute atomic E-state index is 0.0531. The molecular weight excluding hydrogens is 497 g/mol. The summed E-state index contributed by atoms with van der Waals surface area (Å²) in [6.45, 7) is 4.11. The van der Waals surface area contributed by atoms with E-state index in [2.05, 4.69) is 16.8 Å². The number of hydrogen-bond donors (Lipinski definition) is 1. The highest BCUT2D eigenvalue weighted by Gasteiger charge is 2.34. The van der Waals surface area contributed by atoms with Crippen LogP contribution in [0.2, 0.25) is 0 Å². The number of amides is 2. The zero-order chi connectivity index (χ0) is 27.9. The smallest absolute Gasteiger partial charge is 0.259 e. The Labute approximate surface area is 228 Å². The van der Waals surface area contributed by atoms with Crippen LogP contribution in [0.4, 0.5) is 4.39 Å². The molecule has 2 amide bonds. The molecule has 1 aromatic heterocycles. The fraction of sp³-hybridized carbons (Fsp3) is 0.323. The number of carbonyl (C=O) groups is 2. The SMILES string of the molecule is C[C@@H]1CN([C@H](C)CO)C(=O)c2cc(C#Cc3ccccc3F)cnc2O[C@H]1CN(C)C(=O)Cc1ccccc1. The first-order valence-electron chi connectivity index (χ1n) is 12.9. The molecule has 3 atom stereocenters. The number of likely N-dealkylation sites (N-methyl/N-ethyl adjacent to an activating group) is 1. The molecule has 202 valence electrons. The number of halogens is 1. The van der Waals surface area contributed by atoms with Gasteiger partial charge < -0.3 is 19.6 Å². The maximum atomic E-state index is 14.0. The molecule has 0 saturated heterocycles. The van der Waals surface area contributed by atoms with Crippen LogP contribution in [0.15, 0.2) is 66.9 Å². The molecule has 2 heterocycles. The van der Waals surface area contributed by atoms with Crippen molar-refractivity contribution < 1.29 is 23.8 Å². The molecule has 39 heavy (non-hydrogen) atoms. The monoisotopic (exact) mass is 529 g/mol. The number of nitrogens with zero attached hydrogens (tertiary/aromatic N) is 3. The summed E-state index contributed by atoms with van der Waals surface area (Å²) in [5, 5.41) is 9.86. The third kappa shape index (κ3) is 6.81. The number of benzene rings is 2. The molecule has 3 aromatic rings. The van der Waals surface area contributed by atoms with E-state index in [1.165, 1.54) is 12.3 Å². The van der Waals surface area contributed by atoms with E-state index in [1.54, 1.807) is 48.0 Å². The molecule has 0 radical (unpaired) electrons. The summed E-state index contributed by atoms with van der Waals surface area (Å²) in [6, 6.07) is 16.8. The van der Waals surface area contributed by atoms with Crippen LogP contribution in [0.25, 0.3) is 0 Å². The fourth-order valence-corrected chi connectivity index (χ4v) is 4.37. The maximum Gasteiger partial charge on any atom is 0.259 e. The van der Waals surface area contributed by atoms with Crippen molar-refractivity contribution in [3.63, 3.8) is 0 Å². The van der Waals surface area contributed by atoms with Gasteiger partial charge in [-0.05, 0) is 30.7 Å². The first-order chi connectivity index (χ1) is 18.8. The number of rotatable bonds is 6. The summed E-state index contributed by atoms with van der Waals surface area (Å²) in [5.74, 6) is 4.80. The summed E-state index contributed by atoms with van der Waals surface area (Å²) in [5.41, 5.74) is 1.78. The number of pyridine rings is 1. The summed E-state index contributed by atoms with van der Waals surface area (Å²) in [7, 11) is 1.73. The van der Waals surface area contributed by atoms with Gasteiger partial charge in [-0.25, -0.2) is 9.37 Å². The molecule has 1 N–H and O–H groups in total. The van der Waals surface area contributed by atoms with E-state index in [-0.39, 0.29) is 47.8 Å². The lowest BCUT2D eigenvalue weighted by Gasteiger charge is -2.37. The molecular formula is C31H32FN3O4. The van der Waals surface area contributed by atoms with E-state index in [9.17, 15) is 19.1 Å². The van der Waals surface area contributed by atoms with Gasteiger partial charge in [0.25, 0.3) is 5.91 Å². The molecule has 0 saturated carbocycles. The third-order valence-electron chi connectivity index (χ3n) is 6.81. The normalized spacial score (nSPS) is 17.6. The number of fused-ring (bicyclic) bond motifs is 1. The molecule has 8 heteroatoms. The van der Waals surface area contributed by atoms with Crippen molar-refractivity contribution in [2.75, 3.05) is 26.7 Å². The van der Waals surface area contributed by atoms with Gasteiger partial charge in [0.15, 0.2) is 0 Å². The van der Waals surface area contributed by atoms with Crippen LogP contribution in [0.1, 0.15) is 40.9 Å². The van der Waals surface area contributed by atoms with Crippen LogP contribution < -0.4 is 4.74 Å². The molecule has 0 unspecified atom stereocenters. The van der Waals surface area contributed by atoms with Crippen LogP contribution >= 0.6 is 0 Å². The molecule has 7 nitrogen and oxygen atoms in total. The van der Waals surface area contributed by atoms with Crippen molar-refractivity contribution in [2.24, 2.45) is 5.92 Å². The first kappa shape index (κ1) is 27.8. The quantitative estimate of drug-likeness (QED) is 0.494. The molecule has 0 spiro atoms. The summed E-state index contributed by atoms with van der Waals surface area (Å²) >= 11 is 0. The van der Waals surface area contributed by atoms with E-state index in [0.29, 0.717) is 18.7 Å². The van der Waals surface area contributed by atoms with Crippen LogP contribution in [-0.2, 0) is 11.2 Å². The van der Waals surface area contributed by atoms with Gasteiger partial charge in [0.2, 0.25) is 11.8 Å². The van der Waals surface area contributed by atoms with E-state index in [1.807, 2.05) is 37.3 Å². The topological polar surface area (TPSA) is 83.0 Å². The lowest BCUT2D eigenvalue weighted by molar-refractivity contribution is -0.130. The minimum Gasteiger partial charge on any atom is -0.472 e. The highest BCUT2D eigenvalue weighted by molar-refractivity contribution is 5.97. The van der Waals surface area contributed by atoms with Gasteiger partial charge in [0.05, 0.1) is 31.2 Å². The van der Waals surface area contributed by atoms with Crippen molar-refractivity contribution in [1.29, 1.82) is 0 Å². The standard InChI is InChI=1S/C31H32FN3O4/c1-21-18-35(22(2)20-36)31(38)26-15-24(13-14-25-11-7-8-12-27(25)32)17-33-30(26)39-28(21)19-34(3)29(37)16-23-9-5-4-6-10-23/h4-12,15,17,21-22,28,36H,16,18-20H2,1-3H3/t21-,22-,28+/m1/s1. The summed E-state index contributed by atoms with van der Waals surface area (Å²) in [6.07, 6.45) is 1.29. The lowest BCUT2D eigenvalue weighted by atomic mass is 9.99. The van der Waals surface area contributed by atoms with Gasteiger partial charge >= 0.3 is 0 Å². The number of aromatic nitrogens is 1. The van der Waals surface area contributed by atoms with Crippen LogP contribution in [0.5, 0.6) is 5.88 Å². The Balaban J connectivity index is 1.62. The Morgan fingerprint density at radius 3 is 2.64 bits per heavy atom. The molecule has 0 bridgehead atoms.